The van der Waals surface area contributed by atoms with Crippen LogP contribution in [0.3, 0.4) is 0 Å². The number of aromatic amines is 1. The number of hydrogen-bond acceptors (Lipinski definition) is 4. The molecule has 5 nitrogen and oxygen atoms in total. The zero-order chi connectivity index (χ0) is 18.0. The van der Waals surface area contributed by atoms with Crippen LogP contribution in [0, 0.1) is 13.8 Å². The summed E-state index contributed by atoms with van der Waals surface area (Å²) in [5.41, 5.74) is 3.21. The van der Waals surface area contributed by atoms with Crippen LogP contribution in [0.1, 0.15) is 11.1 Å². The van der Waals surface area contributed by atoms with Gasteiger partial charge in [0.1, 0.15) is 0 Å². The number of fused-ring (bicyclic) bond motifs is 1. The highest BCUT2D eigenvalue weighted by atomic mass is 79.9. The van der Waals surface area contributed by atoms with E-state index in [1.165, 1.54) is 11.8 Å². The molecule has 0 bridgehead atoms. The number of amides is 1. The molecule has 0 aliphatic heterocycles. The lowest BCUT2D eigenvalue weighted by Crippen LogP contribution is -2.17. The molecule has 3 aromatic rings. The second-order valence-corrected chi connectivity index (χ2v) is 7.52. The van der Waals surface area contributed by atoms with Crippen molar-refractivity contribution < 1.29 is 4.79 Å². The SMILES string of the molecule is Cc1cc(Br)cc(C)c1NC(=O)CSc1nc2ccccc2c(=O)[nH]1. The van der Waals surface area contributed by atoms with E-state index in [0.29, 0.717) is 16.1 Å². The molecular weight excluding hydrogens is 402 g/mol. The summed E-state index contributed by atoms with van der Waals surface area (Å²) in [4.78, 5) is 31.4. The first-order valence-electron chi connectivity index (χ1n) is 7.62. The van der Waals surface area contributed by atoms with Crippen LogP contribution in [-0.2, 0) is 4.79 Å². The van der Waals surface area contributed by atoms with Crippen LogP contribution in [0.2, 0.25) is 0 Å². The first-order valence-corrected chi connectivity index (χ1v) is 9.40. The molecule has 1 aromatic heterocycles. The van der Waals surface area contributed by atoms with Crippen molar-refractivity contribution in [1.29, 1.82) is 0 Å². The Hall–Kier alpha value is -2.12. The lowest BCUT2D eigenvalue weighted by Gasteiger charge is -2.12. The summed E-state index contributed by atoms with van der Waals surface area (Å²) < 4.78 is 0.979. The van der Waals surface area contributed by atoms with Crippen molar-refractivity contribution in [1.82, 2.24) is 9.97 Å². The van der Waals surface area contributed by atoms with Gasteiger partial charge < -0.3 is 10.3 Å². The molecular formula is C18H16BrN3O2S. The Morgan fingerprint density at radius 1 is 1.24 bits per heavy atom. The van der Waals surface area contributed by atoms with Gasteiger partial charge in [-0.1, -0.05) is 39.8 Å². The minimum Gasteiger partial charge on any atom is -0.325 e. The topological polar surface area (TPSA) is 74.8 Å². The molecule has 0 aliphatic carbocycles. The molecule has 0 atom stereocenters. The predicted molar refractivity (Wildman–Crippen MR) is 105 cm³/mol. The second-order valence-electron chi connectivity index (χ2n) is 5.64. The molecule has 128 valence electrons. The quantitative estimate of drug-likeness (QED) is 0.496. The van der Waals surface area contributed by atoms with E-state index in [4.69, 9.17) is 0 Å². The van der Waals surface area contributed by atoms with E-state index in [1.54, 1.807) is 18.2 Å². The number of aryl methyl sites for hydroxylation is 2. The van der Waals surface area contributed by atoms with Crippen molar-refractivity contribution in [3.05, 3.63) is 62.4 Å². The van der Waals surface area contributed by atoms with Crippen LogP contribution in [-0.4, -0.2) is 21.6 Å². The lowest BCUT2D eigenvalue weighted by molar-refractivity contribution is -0.113. The number of H-pyrrole nitrogens is 1. The van der Waals surface area contributed by atoms with Crippen LogP contribution >= 0.6 is 27.7 Å². The Bertz CT molecular complexity index is 994. The third-order valence-electron chi connectivity index (χ3n) is 3.69. The number of thioether (sulfide) groups is 1. The van der Waals surface area contributed by atoms with Gasteiger partial charge in [0.2, 0.25) is 5.91 Å². The number of nitrogens with zero attached hydrogens (tertiary/aromatic N) is 1. The Morgan fingerprint density at radius 3 is 2.64 bits per heavy atom. The molecule has 0 fully saturated rings. The van der Waals surface area contributed by atoms with Crippen molar-refractivity contribution in [2.75, 3.05) is 11.1 Å². The molecule has 0 aliphatic rings. The average molecular weight is 418 g/mol. The van der Waals surface area contributed by atoms with Gasteiger partial charge in [-0.2, -0.15) is 0 Å². The minimum absolute atomic E-state index is 0.144. The number of aromatic nitrogens is 2. The number of hydrogen-bond donors (Lipinski definition) is 2. The molecule has 0 saturated carbocycles. The van der Waals surface area contributed by atoms with E-state index in [1.807, 2.05) is 32.0 Å². The Labute approximate surface area is 157 Å². The van der Waals surface area contributed by atoms with E-state index in [-0.39, 0.29) is 17.2 Å². The van der Waals surface area contributed by atoms with E-state index < -0.39 is 0 Å². The van der Waals surface area contributed by atoms with Gasteiger partial charge >= 0.3 is 0 Å². The summed E-state index contributed by atoms with van der Waals surface area (Å²) in [6.45, 7) is 3.89. The summed E-state index contributed by atoms with van der Waals surface area (Å²) in [5, 5.41) is 3.90. The number of carbonyl (C=O) groups excluding carboxylic acids is 1. The smallest absolute Gasteiger partial charge is 0.259 e. The van der Waals surface area contributed by atoms with Gasteiger partial charge in [0.25, 0.3) is 5.56 Å². The van der Waals surface area contributed by atoms with Gasteiger partial charge in [0.15, 0.2) is 5.16 Å². The predicted octanol–water partition coefficient (Wildman–Crippen LogP) is 4.03. The van der Waals surface area contributed by atoms with E-state index in [9.17, 15) is 9.59 Å². The highest BCUT2D eigenvalue weighted by molar-refractivity contribution is 9.10. The summed E-state index contributed by atoms with van der Waals surface area (Å²) in [6, 6.07) is 11.0. The monoisotopic (exact) mass is 417 g/mol. The third kappa shape index (κ3) is 4.11. The van der Waals surface area contributed by atoms with Crippen molar-refractivity contribution in [3.8, 4) is 0 Å². The van der Waals surface area contributed by atoms with E-state index in [0.717, 1.165) is 21.3 Å². The second kappa shape index (κ2) is 7.41. The van der Waals surface area contributed by atoms with Gasteiger partial charge in [-0.05, 0) is 49.2 Å². The van der Waals surface area contributed by atoms with Gasteiger partial charge in [-0.3, -0.25) is 9.59 Å². The fraction of sp³-hybridized carbons (Fsp3) is 0.167. The van der Waals surface area contributed by atoms with Crippen LogP contribution < -0.4 is 10.9 Å². The summed E-state index contributed by atoms with van der Waals surface area (Å²) in [7, 11) is 0. The highest BCUT2D eigenvalue weighted by Crippen LogP contribution is 2.25. The van der Waals surface area contributed by atoms with Crippen LogP contribution in [0.15, 0.2) is 50.8 Å². The maximum absolute atomic E-state index is 12.3. The number of benzene rings is 2. The fourth-order valence-electron chi connectivity index (χ4n) is 2.55. The average Bonchev–Trinajstić information content (AvgIpc) is 2.56. The molecule has 0 saturated heterocycles. The highest BCUT2D eigenvalue weighted by Gasteiger charge is 2.11. The zero-order valence-electron chi connectivity index (χ0n) is 13.7. The molecule has 2 aromatic carbocycles. The number of carbonyl (C=O) groups is 1. The van der Waals surface area contributed by atoms with Crippen molar-refractivity contribution >= 4 is 50.2 Å². The summed E-state index contributed by atoms with van der Waals surface area (Å²) in [5.74, 6) is 0.0188. The molecule has 0 spiro atoms. The summed E-state index contributed by atoms with van der Waals surface area (Å²) in [6.07, 6.45) is 0. The minimum atomic E-state index is -0.201. The number of nitrogens with one attached hydrogen (secondary N) is 2. The molecule has 1 heterocycles. The number of rotatable bonds is 4. The lowest BCUT2D eigenvalue weighted by atomic mass is 10.1. The molecule has 1 amide bonds. The maximum atomic E-state index is 12.3. The van der Waals surface area contributed by atoms with Crippen LogP contribution in [0.4, 0.5) is 5.69 Å². The number of para-hydroxylation sites is 1. The molecule has 7 heteroatoms. The van der Waals surface area contributed by atoms with Gasteiger partial charge in [-0.15, -0.1) is 0 Å². The van der Waals surface area contributed by atoms with Crippen molar-refractivity contribution in [2.45, 2.75) is 19.0 Å². The molecule has 3 rings (SSSR count). The van der Waals surface area contributed by atoms with Gasteiger partial charge in [0, 0.05) is 10.2 Å². The van der Waals surface area contributed by atoms with E-state index in [2.05, 4.69) is 31.2 Å². The van der Waals surface area contributed by atoms with Crippen molar-refractivity contribution in [2.24, 2.45) is 0 Å². The normalized spacial score (nSPS) is 10.8. The Balaban J connectivity index is 1.72. The van der Waals surface area contributed by atoms with Crippen LogP contribution in [0.5, 0.6) is 0 Å². The first-order chi connectivity index (χ1) is 11.9. The van der Waals surface area contributed by atoms with Gasteiger partial charge in [0.05, 0.1) is 16.7 Å². The standard InChI is InChI=1S/C18H16BrN3O2S/c1-10-7-12(19)8-11(2)16(10)21-15(23)9-25-18-20-14-6-4-3-5-13(14)17(24)22-18/h3-8H,9H2,1-2H3,(H,21,23)(H,20,22,24). The summed E-state index contributed by atoms with van der Waals surface area (Å²) >= 11 is 4.65. The third-order valence-corrected chi connectivity index (χ3v) is 5.02. The maximum Gasteiger partial charge on any atom is 0.259 e. The zero-order valence-corrected chi connectivity index (χ0v) is 16.1. The molecule has 0 unspecified atom stereocenters. The molecule has 0 radical (unpaired) electrons. The van der Waals surface area contributed by atoms with Crippen molar-refractivity contribution in [3.63, 3.8) is 0 Å². The van der Waals surface area contributed by atoms with Crippen LogP contribution in [0.25, 0.3) is 10.9 Å². The largest absolute Gasteiger partial charge is 0.325 e. The number of anilines is 1. The fourth-order valence-corrected chi connectivity index (χ4v) is 3.91. The Kier molecular flexibility index (Phi) is 5.24. The first kappa shape index (κ1) is 17.7. The Morgan fingerprint density at radius 2 is 1.92 bits per heavy atom. The molecule has 2 N–H and O–H groups in total. The van der Waals surface area contributed by atoms with Gasteiger partial charge in [-0.25, -0.2) is 4.98 Å². The van der Waals surface area contributed by atoms with E-state index >= 15 is 0 Å². The molecule has 25 heavy (non-hydrogen) atoms. The number of halogens is 1.